The van der Waals surface area contributed by atoms with Crippen LogP contribution in [0, 0.1) is 22.7 Å². The highest BCUT2D eigenvalue weighted by atomic mass is 14.9. The third kappa shape index (κ3) is 2.41. The van der Waals surface area contributed by atoms with E-state index < -0.39 is 0 Å². The van der Waals surface area contributed by atoms with Gasteiger partial charge < -0.3 is 5.32 Å². The van der Waals surface area contributed by atoms with Crippen LogP contribution in [0.5, 0.6) is 0 Å². The molecule has 2 rings (SSSR count). The lowest BCUT2D eigenvalue weighted by Gasteiger charge is -2.56. The van der Waals surface area contributed by atoms with Gasteiger partial charge in [-0.2, -0.15) is 0 Å². The van der Waals surface area contributed by atoms with Crippen LogP contribution in [0.4, 0.5) is 0 Å². The second-order valence-electron chi connectivity index (χ2n) is 7.46. The van der Waals surface area contributed by atoms with Crippen molar-refractivity contribution in [3.8, 4) is 0 Å². The van der Waals surface area contributed by atoms with Crippen molar-refractivity contribution in [2.24, 2.45) is 22.7 Å². The van der Waals surface area contributed by atoms with Gasteiger partial charge in [0.25, 0.3) is 0 Å². The Hall–Kier alpha value is -0.0400. The van der Waals surface area contributed by atoms with Crippen LogP contribution in [-0.4, -0.2) is 13.1 Å². The highest BCUT2D eigenvalue weighted by Gasteiger charge is 2.50. The van der Waals surface area contributed by atoms with Crippen LogP contribution in [0.25, 0.3) is 0 Å². The number of piperidine rings is 1. The Bertz CT molecular complexity index is 247. The molecule has 3 unspecified atom stereocenters. The van der Waals surface area contributed by atoms with Gasteiger partial charge in [0.15, 0.2) is 0 Å². The molecule has 1 saturated carbocycles. The quantitative estimate of drug-likeness (QED) is 0.719. The van der Waals surface area contributed by atoms with Gasteiger partial charge in [0, 0.05) is 0 Å². The Morgan fingerprint density at radius 1 is 1.18 bits per heavy atom. The first-order valence-electron chi connectivity index (χ1n) is 7.71. The zero-order valence-electron chi connectivity index (χ0n) is 12.3. The van der Waals surface area contributed by atoms with Crippen molar-refractivity contribution < 1.29 is 0 Å². The van der Waals surface area contributed by atoms with E-state index in [-0.39, 0.29) is 0 Å². The molecular formula is C16H31N. The molecule has 1 aliphatic carbocycles. The van der Waals surface area contributed by atoms with Gasteiger partial charge in [-0.25, -0.2) is 0 Å². The molecule has 1 nitrogen and oxygen atoms in total. The Morgan fingerprint density at radius 2 is 1.94 bits per heavy atom. The summed E-state index contributed by atoms with van der Waals surface area (Å²) < 4.78 is 0. The minimum absolute atomic E-state index is 0.491. The summed E-state index contributed by atoms with van der Waals surface area (Å²) in [6.45, 7) is 12.3. The van der Waals surface area contributed by atoms with Crippen molar-refractivity contribution >= 4 is 0 Å². The molecule has 0 bridgehead atoms. The predicted octanol–water partition coefficient (Wildman–Crippen LogP) is 4.23. The SMILES string of the molecule is CCC1CNCCC12CCCCC2C(C)(C)C. The first kappa shape index (κ1) is 13.4. The molecule has 3 atom stereocenters. The van der Waals surface area contributed by atoms with Gasteiger partial charge in [-0.15, -0.1) is 0 Å². The van der Waals surface area contributed by atoms with Crippen molar-refractivity contribution in [3.63, 3.8) is 0 Å². The Balaban J connectivity index is 2.28. The summed E-state index contributed by atoms with van der Waals surface area (Å²) >= 11 is 0. The molecule has 0 aromatic rings. The van der Waals surface area contributed by atoms with Crippen molar-refractivity contribution in [2.75, 3.05) is 13.1 Å². The molecule has 0 radical (unpaired) electrons. The van der Waals surface area contributed by atoms with Crippen LogP contribution in [-0.2, 0) is 0 Å². The number of rotatable bonds is 1. The Kier molecular flexibility index (Phi) is 3.87. The molecule has 1 heterocycles. The second-order valence-corrected chi connectivity index (χ2v) is 7.46. The molecular weight excluding hydrogens is 206 g/mol. The molecule has 0 aromatic carbocycles. The van der Waals surface area contributed by atoms with E-state index in [4.69, 9.17) is 0 Å². The van der Waals surface area contributed by atoms with E-state index in [0.717, 1.165) is 11.8 Å². The summed E-state index contributed by atoms with van der Waals surface area (Å²) in [5.74, 6) is 1.86. The van der Waals surface area contributed by atoms with E-state index in [1.54, 1.807) is 0 Å². The maximum atomic E-state index is 3.63. The lowest BCUT2D eigenvalue weighted by Crippen LogP contribution is -2.53. The molecule has 1 heteroatoms. The predicted molar refractivity (Wildman–Crippen MR) is 75.1 cm³/mol. The van der Waals surface area contributed by atoms with Crippen LogP contribution in [0.3, 0.4) is 0 Å². The van der Waals surface area contributed by atoms with Gasteiger partial charge >= 0.3 is 0 Å². The summed E-state index contributed by atoms with van der Waals surface area (Å²) in [5.41, 5.74) is 1.15. The topological polar surface area (TPSA) is 12.0 Å². The van der Waals surface area contributed by atoms with Gasteiger partial charge in [-0.3, -0.25) is 0 Å². The van der Waals surface area contributed by atoms with Crippen LogP contribution in [0.2, 0.25) is 0 Å². The van der Waals surface area contributed by atoms with Gasteiger partial charge in [-0.1, -0.05) is 47.0 Å². The standard InChI is InChI=1S/C16H31N/c1-5-13-12-17-11-10-16(13)9-7-6-8-14(16)15(2,3)4/h13-14,17H,5-12H2,1-4H3. The van der Waals surface area contributed by atoms with Crippen molar-refractivity contribution in [2.45, 2.75) is 66.2 Å². The summed E-state index contributed by atoms with van der Waals surface area (Å²) in [6, 6.07) is 0. The normalized spacial score (nSPS) is 39.5. The van der Waals surface area contributed by atoms with E-state index in [9.17, 15) is 0 Å². The molecule has 17 heavy (non-hydrogen) atoms. The van der Waals surface area contributed by atoms with E-state index in [0.29, 0.717) is 10.8 Å². The minimum atomic E-state index is 0.491. The summed E-state index contributed by atoms with van der Waals surface area (Å²) in [7, 11) is 0. The zero-order valence-corrected chi connectivity index (χ0v) is 12.3. The van der Waals surface area contributed by atoms with Crippen LogP contribution < -0.4 is 5.32 Å². The largest absolute Gasteiger partial charge is 0.316 e. The first-order chi connectivity index (χ1) is 8.00. The molecule has 1 aliphatic heterocycles. The number of hydrogen-bond donors (Lipinski definition) is 1. The zero-order chi connectivity index (χ0) is 12.5. The van der Waals surface area contributed by atoms with E-state index >= 15 is 0 Å². The van der Waals surface area contributed by atoms with Gasteiger partial charge in [0.1, 0.15) is 0 Å². The lowest BCUT2D eigenvalue weighted by atomic mass is 9.50. The monoisotopic (exact) mass is 237 g/mol. The fourth-order valence-corrected chi connectivity index (χ4v) is 4.90. The molecule has 0 aromatic heterocycles. The van der Waals surface area contributed by atoms with E-state index in [1.165, 1.54) is 51.6 Å². The average molecular weight is 237 g/mol. The third-order valence-corrected chi connectivity index (χ3v) is 5.59. The molecule has 100 valence electrons. The molecule has 1 N–H and O–H groups in total. The van der Waals surface area contributed by atoms with Gasteiger partial charge in [-0.05, 0) is 55.0 Å². The smallest absolute Gasteiger partial charge is 0.00152 e. The minimum Gasteiger partial charge on any atom is -0.316 e. The molecule has 1 spiro atoms. The third-order valence-electron chi connectivity index (χ3n) is 5.59. The number of nitrogens with one attached hydrogen (secondary N) is 1. The average Bonchev–Trinajstić information content (AvgIpc) is 2.29. The fraction of sp³-hybridized carbons (Fsp3) is 1.00. The number of hydrogen-bond acceptors (Lipinski definition) is 1. The Morgan fingerprint density at radius 3 is 2.59 bits per heavy atom. The Labute approximate surface area is 108 Å². The highest BCUT2D eigenvalue weighted by Crippen LogP contribution is 2.57. The van der Waals surface area contributed by atoms with Crippen molar-refractivity contribution in [3.05, 3.63) is 0 Å². The maximum absolute atomic E-state index is 3.63. The van der Waals surface area contributed by atoms with Crippen molar-refractivity contribution in [1.82, 2.24) is 5.32 Å². The highest BCUT2D eigenvalue weighted by molar-refractivity contribution is 5.01. The molecule has 1 saturated heterocycles. The van der Waals surface area contributed by atoms with Crippen LogP contribution >= 0.6 is 0 Å². The van der Waals surface area contributed by atoms with Gasteiger partial charge in [0.05, 0.1) is 0 Å². The summed E-state index contributed by atoms with van der Waals surface area (Å²) in [4.78, 5) is 0. The summed E-state index contributed by atoms with van der Waals surface area (Å²) in [5, 5.41) is 3.63. The lowest BCUT2D eigenvalue weighted by molar-refractivity contribution is -0.0576. The summed E-state index contributed by atoms with van der Waals surface area (Å²) in [6.07, 6.45) is 8.69. The molecule has 2 aliphatic rings. The maximum Gasteiger partial charge on any atom is -0.00152 e. The van der Waals surface area contributed by atoms with E-state index in [1.807, 2.05) is 0 Å². The molecule has 2 fully saturated rings. The van der Waals surface area contributed by atoms with E-state index in [2.05, 4.69) is 33.0 Å². The fourth-order valence-electron chi connectivity index (χ4n) is 4.90. The first-order valence-corrected chi connectivity index (χ1v) is 7.71. The van der Waals surface area contributed by atoms with Crippen LogP contribution in [0.15, 0.2) is 0 Å². The van der Waals surface area contributed by atoms with Crippen LogP contribution in [0.1, 0.15) is 66.2 Å². The molecule has 0 amide bonds. The van der Waals surface area contributed by atoms with Crippen molar-refractivity contribution in [1.29, 1.82) is 0 Å². The second kappa shape index (κ2) is 4.91. The van der Waals surface area contributed by atoms with Gasteiger partial charge in [0.2, 0.25) is 0 Å².